The summed E-state index contributed by atoms with van der Waals surface area (Å²) >= 11 is 0. The fourth-order valence-electron chi connectivity index (χ4n) is 3.59. The molecule has 116 valence electrons. The molecule has 2 rings (SSSR count). The average Bonchev–Trinajstić information content (AvgIpc) is 2.48. The lowest BCUT2D eigenvalue weighted by Crippen LogP contribution is -2.51. The summed E-state index contributed by atoms with van der Waals surface area (Å²) in [6, 6.07) is 0. The lowest BCUT2D eigenvalue weighted by Gasteiger charge is -2.38. The third-order valence-corrected chi connectivity index (χ3v) is 4.86. The molecule has 20 heavy (non-hydrogen) atoms. The van der Waals surface area contributed by atoms with E-state index < -0.39 is 0 Å². The van der Waals surface area contributed by atoms with E-state index in [-0.39, 0.29) is 5.92 Å². The molecule has 1 saturated carbocycles. The Morgan fingerprint density at radius 3 is 2.40 bits per heavy atom. The van der Waals surface area contributed by atoms with Crippen molar-refractivity contribution in [3.8, 4) is 0 Å². The number of nitrogens with one attached hydrogen (secondary N) is 1. The van der Waals surface area contributed by atoms with Crippen LogP contribution in [0.3, 0.4) is 0 Å². The van der Waals surface area contributed by atoms with E-state index in [0.717, 1.165) is 38.6 Å². The molecule has 1 atom stereocenters. The molecule has 2 fully saturated rings. The fourth-order valence-corrected chi connectivity index (χ4v) is 3.59. The second-order valence-corrected chi connectivity index (χ2v) is 6.59. The third kappa shape index (κ3) is 4.45. The van der Waals surface area contributed by atoms with Crippen LogP contribution in [0, 0.1) is 11.8 Å². The van der Waals surface area contributed by atoms with E-state index in [1.807, 2.05) is 14.0 Å². The first kappa shape index (κ1) is 15.8. The minimum Gasteiger partial charge on any atom is -0.340 e. The number of hydrogen-bond acceptors (Lipinski definition) is 3. The molecule has 1 unspecified atom stereocenters. The van der Waals surface area contributed by atoms with Crippen LogP contribution in [0.2, 0.25) is 0 Å². The summed E-state index contributed by atoms with van der Waals surface area (Å²) < 4.78 is 0. The molecule has 0 aromatic carbocycles. The van der Waals surface area contributed by atoms with Crippen LogP contribution < -0.4 is 5.32 Å². The van der Waals surface area contributed by atoms with Crippen molar-refractivity contribution < 1.29 is 4.79 Å². The van der Waals surface area contributed by atoms with Gasteiger partial charge in [0.05, 0.1) is 0 Å². The summed E-state index contributed by atoms with van der Waals surface area (Å²) in [4.78, 5) is 16.9. The van der Waals surface area contributed by atoms with Crippen LogP contribution in [0.15, 0.2) is 0 Å². The zero-order valence-corrected chi connectivity index (χ0v) is 13.2. The highest BCUT2D eigenvalue weighted by Crippen LogP contribution is 2.24. The number of piperazine rings is 1. The summed E-state index contributed by atoms with van der Waals surface area (Å²) in [5.74, 6) is 1.33. The predicted molar refractivity (Wildman–Crippen MR) is 82.7 cm³/mol. The van der Waals surface area contributed by atoms with Gasteiger partial charge in [-0.3, -0.25) is 9.69 Å². The van der Waals surface area contributed by atoms with Crippen LogP contribution in [0.1, 0.15) is 39.0 Å². The van der Waals surface area contributed by atoms with Crippen LogP contribution >= 0.6 is 0 Å². The van der Waals surface area contributed by atoms with Gasteiger partial charge in [0.2, 0.25) is 5.91 Å². The molecule has 1 aliphatic heterocycles. The SMILES string of the molecule is CNCC(C)C(=O)N1CCN(CC2CCCCC2)CC1. The van der Waals surface area contributed by atoms with Crippen LogP contribution in [0.5, 0.6) is 0 Å². The van der Waals surface area contributed by atoms with E-state index in [9.17, 15) is 4.79 Å². The van der Waals surface area contributed by atoms with Crippen LogP contribution in [-0.4, -0.2) is 62.0 Å². The molecule has 4 nitrogen and oxygen atoms in total. The van der Waals surface area contributed by atoms with E-state index in [2.05, 4.69) is 15.1 Å². The maximum absolute atomic E-state index is 12.3. The minimum absolute atomic E-state index is 0.102. The topological polar surface area (TPSA) is 35.6 Å². The van der Waals surface area contributed by atoms with Gasteiger partial charge >= 0.3 is 0 Å². The van der Waals surface area contributed by atoms with Crippen molar-refractivity contribution in [2.45, 2.75) is 39.0 Å². The Balaban J connectivity index is 1.70. The Morgan fingerprint density at radius 1 is 1.15 bits per heavy atom. The first-order valence-electron chi connectivity index (χ1n) is 8.36. The maximum atomic E-state index is 12.3. The van der Waals surface area contributed by atoms with Crippen LogP contribution in [-0.2, 0) is 4.79 Å². The molecule has 1 heterocycles. The molecule has 1 saturated heterocycles. The molecule has 0 bridgehead atoms. The molecule has 1 N–H and O–H groups in total. The van der Waals surface area contributed by atoms with E-state index in [0.29, 0.717) is 5.91 Å². The van der Waals surface area contributed by atoms with Crippen molar-refractivity contribution in [2.24, 2.45) is 11.8 Å². The molecule has 1 amide bonds. The van der Waals surface area contributed by atoms with Crippen molar-refractivity contribution in [1.82, 2.24) is 15.1 Å². The summed E-state index contributed by atoms with van der Waals surface area (Å²) in [6.07, 6.45) is 7.11. The van der Waals surface area contributed by atoms with Gasteiger partial charge in [-0.2, -0.15) is 0 Å². The zero-order valence-electron chi connectivity index (χ0n) is 13.2. The van der Waals surface area contributed by atoms with Gasteiger partial charge in [0, 0.05) is 45.2 Å². The number of carbonyl (C=O) groups excluding carboxylic acids is 1. The second-order valence-electron chi connectivity index (χ2n) is 6.59. The first-order valence-corrected chi connectivity index (χ1v) is 8.36. The van der Waals surface area contributed by atoms with Crippen molar-refractivity contribution in [2.75, 3.05) is 46.3 Å². The molecule has 4 heteroatoms. The van der Waals surface area contributed by atoms with Gasteiger partial charge in [-0.15, -0.1) is 0 Å². The van der Waals surface area contributed by atoms with Crippen molar-refractivity contribution in [1.29, 1.82) is 0 Å². The van der Waals surface area contributed by atoms with Gasteiger partial charge in [0.25, 0.3) is 0 Å². The highest BCUT2D eigenvalue weighted by Gasteiger charge is 2.26. The normalized spacial score (nSPS) is 23.8. The number of amides is 1. The fraction of sp³-hybridized carbons (Fsp3) is 0.938. The lowest BCUT2D eigenvalue weighted by molar-refractivity contribution is -0.136. The Morgan fingerprint density at radius 2 is 1.80 bits per heavy atom. The average molecular weight is 281 g/mol. The zero-order chi connectivity index (χ0) is 14.4. The standard InChI is InChI=1S/C16H31N3O/c1-14(12-17-2)16(20)19-10-8-18(9-11-19)13-15-6-4-3-5-7-15/h14-15,17H,3-13H2,1-2H3. The number of hydrogen-bond donors (Lipinski definition) is 1. The monoisotopic (exact) mass is 281 g/mol. The maximum Gasteiger partial charge on any atom is 0.226 e. The van der Waals surface area contributed by atoms with Crippen LogP contribution in [0.4, 0.5) is 0 Å². The van der Waals surface area contributed by atoms with Gasteiger partial charge in [0.15, 0.2) is 0 Å². The summed E-state index contributed by atoms with van der Waals surface area (Å²) in [5, 5.41) is 3.09. The Bertz CT molecular complexity index is 294. The second kappa shape index (κ2) is 7.99. The number of carbonyl (C=O) groups is 1. The van der Waals surface area contributed by atoms with Crippen molar-refractivity contribution in [3.63, 3.8) is 0 Å². The lowest BCUT2D eigenvalue weighted by atomic mass is 9.89. The van der Waals surface area contributed by atoms with Gasteiger partial charge in [-0.1, -0.05) is 26.2 Å². The minimum atomic E-state index is 0.102. The molecule has 2 aliphatic rings. The predicted octanol–water partition coefficient (Wildman–Crippen LogP) is 1.57. The molecule has 0 aromatic rings. The number of nitrogens with zero attached hydrogens (tertiary/aromatic N) is 2. The van der Waals surface area contributed by atoms with Crippen molar-refractivity contribution >= 4 is 5.91 Å². The Kier molecular flexibility index (Phi) is 6.30. The first-order chi connectivity index (χ1) is 9.70. The molecule has 1 aliphatic carbocycles. The highest BCUT2D eigenvalue weighted by atomic mass is 16.2. The third-order valence-electron chi connectivity index (χ3n) is 4.86. The molecule has 0 aromatic heterocycles. The van der Waals surface area contributed by atoms with E-state index >= 15 is 0 Å². The van der Waals surface area contributed by atoms with Crippen molar-refractivity contribution in [3.05, 3.63) is 0 Å². The molecular weight excluding hydrogens is 250 g/mol. The van der Waals surface area contributed by atoms with Gasteiger partial charge < -0.3 is 10.2 Å². The number of rotatable bonds is 5. The molecular formula is C16H31N3O. The summed E-state index contributed by atoms with van der Waals surface area (Å²) in [7, 11) is 1.91. The van der Waals surface area contributed by atoms with Gasteiger partial charge in [-0.05, 0) is 25.8 Å². The highest BCUT2D eigenvalue weighted by molar-refractivity contribution is 5.78. The van der Waals surface area contributed by atoms with Gasteiger partial charge in [0.1, 0.15) is 0 Å². The smallest absolute Gasteiger partial charge is 0.226 e. The summed E-state index contributed by atoms with van der Waals surface area (Å²) in [5.41, 5.74) is 0. The largest absolute Gasteiger partial charge is 0.340 e. The quantitative estimate of drug-likeness (QED) is 0.831. The van der Waals surface area contributed by atoms with E-state index in [1.54, 1.807) is 0 Å². The Labute approximate surface area is 123 Å². The summed E-state index contributed by atoms with van der Waals surface area (Å²) in [6.45, 7) is 8.02. The molecule has 0 radical (unpaired) electrons. The van der Waals surface area contributed by atoms with Gasteiger partial charge in [-0.25, -0.2) is 0 Å². The van der Waals surface area contributed by atoms with Crippen LogP contribution in [0.25, 0.3) is 0 Å². The van der Waals surface area contributed by atoms with E-state index in [1.165, 1.54) is 38.6 Å². The molecule has 0 spiro atoms. The Hall–Kier alpha value is -0.610. The van der Waals surface area contributed by atoms with E-state index in [4.69, 9.17) is 0 Å².